The van der Waals surface area contributed by atoms with E-state index in [9.17, 15) is 8.42 Å². The molecule has 0 amide bonds. The molecule has 0 aromatic heterocycles. The molecule has 6 heteroatoms. The van der Waals surface area contributed by atoms with Gasteiger partial charge < -0.3 is 4.74 Å². The first-order valence-corrected chi connectivity index (χ1v) is 8.60. The van der Waals surface area contributed by atoms with Gasteiger partial charge in [-0.2, -0.15) is 9.57 Å². The van der Waals surface area contributed by atoms with Crippen LogP contribution in [0, 0.1) is 17.2 Å². The molecule has 0 radical (unpaired) electrons. The number of nitrogens with zero attached hydrogens (tertiary/aromatic N) is 2. The summed E-state index contributed by atoms with van der Waals surface area (Å²) in [5.74, 6) is 0.225. The van der Waals surface area contributed by atoms with Gasteiger partial charge in [-0.05, 0) is 37.8 Å². The fraction of sp³-hybridized carbons (Fsp3) is 0.533. The minimum Gasteiger partial charge on any atom is -0.381 e. The van der Waals surface area contributed by atoms with E-state index < -0.39 is 10.0 Å². The summed E-state index contributed by atoms with van der Waals surface area (Å²) in [6, 6.07) is 8.31. The van der Waals surface area contributed by atoms with Gasteiger partial charge in [0.25, 0.3) is 0 Å². The second kappa shape index (κ2) is 7.03. The van der Waals surface area contributed by atoms with Gasteiger partial charge in [0.1, 0.15) is 6.07 Å². The van der Waals surface area contributed by atoms with Crippen molar-refractivity contribution in [2.24, 2.45) is 5.92 Å². The molecule has 0 N–H and O–H groups in total. The molecule has 1 atom stereocenters. The standard InChI is InChI=1S/C15H20N2O3S/c1-2-20-12-13-6-5-9-17(11-13)21(18,19)15-8-4-3-7-14(15)10-16/h3-4,7-8,13H,2,5-6,9,11-12H2,1H3. The van der Waals surface area contributed by atoms with Gasteiger partial charge in [0.2, 0.25) is 10.0 Å². The molecule has 21 heavy (non-hydrogen) atoms. The van der Waals surface area contributed by atoms with Crippen molar-refractivity contribution in [1.82, 2.24) is 4.31 Å². The van der Waals surface area contributed by atoms with Gasteiger partial charge in [-0.15, -0.1) is 0 Å². The molecule has 0 saturated carbocycles. The summed E-state index contributed by atoms with van der Waals surface area (Å²) in [5.41, 5.74) is 0.199. The van der Waals surface area contributed by atoms with Gasteiger partial charge in [-0.25, -0.2) is 8.42 Å². The molecule has 0 bridgehead atoms. The highest BCUT2D eigenvalue weighted by atomic mass is 32.2. The Morgan fingerprint density at radius 2 is 2.19 bits per heavy atom. The van der Waals surface area contributed by atoms with Crippen LogP contribution in [0.1, 0.15) is 25.3 Å². The Kier molecular flexibility index (Phi) is 5.34. The molecule has 1 unspecified atom stereocenters. The maximum Gasteiger partial charge on any atom is 0.244 e. The van der Waals surface area contributed by atoms with Crippen molar-refractivity contribution in [2.45, 2.75) is 24.7 Å². The predicted octanol–water partition coefficient (Wildman–Crippen LogP) is 2.00. The summed E-state index contributed by atoms with van der Waals surface area (Å²) >= 11 is 0. The van der Waals surface area contributed by atoms with Gasteiger partial charge in [0.15, 0.2) is 0 Å². The Hall–Kier alpha value is -1.42. The van der Waals surface area contributed by atoms with E-state index in [0.717, 1.165) is 12.8 Å². The molecule has 114 valence electrons. The van der Waals surface area contributed by atoms with Gasteiger partial charge in [0.05, 0.1) is 17.1 Å². The zero-order valence-corrected chi connectivity index (χ0v) is 13.0. The first kappa shape index (κ1) is 16.0. The lowest BCUT2D eigenvalue weighted by Gasteiger charge is -2.31. The molecule has 1 aliphatic heterocycles. The Bertz CT molecular complexity index is 622. The topological polar surface area (TPSA) is 70.4 Å². The number of sulfonamides is 1. The van der Waals surface area contributed by atoms with Crippen LogP contribution in [0.25, 0.3) is 0 Å². The molecule has 1 aromatic rings. The molecule has 1 aliphatic rings. The van der Waals surface area contributed by atoms with Crippen LogP contribution in [-0.2, 0) is 14.8 Å². The Morgan fingerprint density at radius 1 is 1.43 bits per heavy atom. The van der Waals surface area contributed by atoms with Crippen LogP contribution < -0.4 is 0 Å². The first-order valence-electron chi connectivity index (χ1n) is 7.16. The van der Waals surface area contributed by atoms with Gasteiger partial charge in [-0.3, -0.25) is 0 Å². The second-order valence-corrected chi connectivity index (χ2v) is 7.05. The minimum absolute atomic E-state index is 0.101. The van der Waals surface area contributed by atoms with Crippen molar-refractivity contribution >= 4 is 10.0 Å². The summed E-state index contributed by atoms with van der Waals surface area (Å²) in [6.45, 7) is 4.12. The van der Waals surface area contributed by atoms with Crippen LogP contribution in [-0.4, -0.2) is 39.0 Å². The van der Waals surface area contributed by atoms with Gasteiger partial charge in [-0.1, -0.05) is 12.1 Å². The maximum atomic E-state index is 12.7. The number of hydrogen-bond acceptors (Lipinski definition) is 4. The summed E-state index contributed by atoms with van der Waals surface area (Å²) in [7, 11) is -3.61. The van der Waals surface area contributed by atoms with Crippen LogP contribution in [0.15, 0.2) is 29.2 Å². The maximum absolute atomic E-state index is 12.7. The molecule has 0 spiro atoms. The lowest BCUT2D eigenvalue weighted by molar-refractivity contribution is 0.0864. The first-order chi connectivity index (χ1) is 10.1. The molecule has 1 heterocycles. The number of nitriles is 1. The van der Waals surface area contributed by atoms with Crippen molar-refractivity contribution in [3.8, 4) is 6.07 Å². The average molecular weight is 308 g/mol. The average Bonchev–Trinajstić information content (AvgIpc) is 2.53. The molecular weight excluding hydrogens is 288 g/mol. The van der Waals surface area contributed by atoms with E-state index in [1.807, 2.05) is 13.0 Å². The number of piperidine rings is 1. The number of hydrogen-bond donors (Lipinski definition) is 0. The summed E-state index contributed by atoms with van der Waals surface area (Å²) in [5, 5.41) is 9.10. The normalized spacial score (nSPS) is 20.1. The Labute approximate surface area is 126 Å². The van der Waals surface area contributed by atoms with Crippen LogP contribution in [0.5, 0.6) is 0 Å². The van der Waals surface area contributed by atoms with Crippen molar-refractivity contribution in [1.29, 1.82) is 5.26 Å². The third-order valence-electron chi connectivity index (χ3n) is 3.66. The fourth-order valence-corrected chi connectivity index (χ4v) is 4.29. The van der Waals surface area contributed by atoms with E-state index in [-0.39, 0.29) is 16.4 Å². The highest BCUT2D eigenvalue weighted by Gasteiger charge is 2.31. The van der Waals surface area contributed by atoms with Crippen molar-refractivity contribution in [3.05, 3.63) is 29.8 Å². The van der Waals surface area contributed by atoms with E-state index in [0.29, 0.717) is 26.3 Å². The van der Waals surface area contributed by atoms with Crippen LogP contribution in [0.3, 0.4) is 0 Å². The number of rotatable bonds is 5. The predicted molar refractivity (Wildman–Crippen MR) is 79.1 cm³/mol. The fourth-order valence-electron chi connectivity index (χ4n) is 2.59. The monoisotopic (exact) mass is 308 g/mol. The molecule has 0 aliphatic carbocycles. The van der Waals surface area contributed by atoms with E-state index >= 15 is 0 Å². The van der Waals surface area contributed by atoms with E-state index in [2.05, 4.69) is 0 Å². The zero-order chi connectivity index (χ0) is 15.3. The Morgan fingerprint density at radius 3 is 2.90 bits per heavy atom. The minimum atomic E-state index is -3.61. The van der Waals surface area contributed by atoms with Gasteiger partial charge in [0, 0.05) is 19.7 Å². The van der Waals surface area contributed by atoms with E-state index in [1.54, 1.807) is 12.1 Å². The Balaban J connectivity index is 2.21. The van der Waals surface area contributed by atoms with Crippen LogP contribution in [0.2, 0.25) is 0 Å². The molecule has 5 nitrogen and oxygen atoms in total. The quantitative estimate of drug-likeness (QED) is 0.834. The number of ether oxygens (including phenoxy) is 1. The highest BCUT2D eigenvalue weighted by molar-refractivity contribution is 7.89. The van der Waals surface area contributed by atoms with Crippen molar-refractivity contribution in [2.75, 3.05) is 26.3 Å². The zero-order valence-electron chi connectivity index (χ0n) is 12.2. The van der Waals surface area contributed by atoms with Gasteiger partial charge >= 0.3 is 0 Å². The highest BCUT2D eigenvalue weighted by Crippen LogP contribution is 2.25. The molecule has 1 fully saturated rings. The van der Waals surface area contributed by atoms with E-state index in [1.165, 1.54) is 16.4 Å². The SMILES string of the molecule is CCOCC1CCCN(S(=O)(=O)c2ccccc2C#N)C1. The van der Waals surface area contributed by atoms with Crippen LogP contribution in [0.4, 0.5) is 0 Å². The smallest absolute Gasteiger partial charge is 0.244 e. The lowest BCUT2D eigenvalue weighted by atomic mass is 10.0. The lowest BCUT2D eigenvalue weighted by Crippen LogP contribution is -2.41. The molecule has 1 aromatic carbocycles. The third-order valence-corrected chi connectivity index (χ3v) is 5.59. The van der Waals surface area contributed by atoms with E-state index in [4.69, 9.17) is 10.00 Å². The summed E-state index contributed by atoms with van der Waals surface area (Å²) < 4.78 is 32.3. The van der Waals surface area contributed by atoms with Crippen molar-refractivity contribution < 1.29 is 13.2 Å². The van der Waals surface area contributed by atoms with Crippen molar-refractivity contribution in [3.63, 3.8) is 0 Å². The number of benzene rings is 1. The molecule has 1 saturated heterocycles. The second-order valence-electron chi connectivity index (χ2n) is 5.14. The largest absolute Gasteiger partial charge is 0.381 e. The summed E-state index contributed by atoms with van der Waals surface area (Å²) in [4.78, 5) is 0.101. The van der Waals surface area contributed by atoms with Crippen LogP contribution >= 0.6 is 0 Å². The third kappa shape index (κ3) is 3.62. The summed E-state index contributed by atoms with van der Waals surface area (Å²) in [6.07, 6.45) is 1.80. The molecule has 2 rings (SSSR count). The molecular formula is C15H20N2O3S.